The van der Waals surface area contributed by atoms with Gasteiger partial charge in [-0.1, -0.05) is 31.0 Å². The number of hydrazone groups is 1. The molecule has 1 aromatic heterocycles. The Balaban J connectivity index is 1.61. The van der Waals surface area contributed by atoms with Crippen LogP contribution in [-0.4, -0.2) is 17.8 Å². The van der Waals surface area contributed by atoms with Crippen molar-refractivity contribution in [1.82, 2.24) is 4.98 Å². The Morgan fingerprint density at radius 1 is 1.11 bits per heavy atom. The summed E-state index contributed by atoms with van der Waals surface area (Å²) in [6.45, 7) is 9.31. The minimum absolute atomic E-state index is 0.762. The maximum absolute atomic E-state index is 5.68. The second-order valence-electron chi connectivity index (χ2n) is 6.95. The minimum atomic E-state index is 0.762. The smallest absolute Gasteiger partial charge is 0.203 e. The summed E-state index contributed by atoms with van der Waals surface area (Å²) in [6, 6.07) is 12.3. The van der Waals surface area contributed by atoms with Crippen LogP contribution in [-0.2, 0) is 0 Å². The standard InChI is InChI=1S/C23H27N3OS/c1-5-6-11-27-20-9-7-19(8-10-20)14-24-26-23-25-21(15-28-23)22-17(3)12-16(2)13-18(22)4/h7-10,12-15H,5-6,11H2,1-4H3,(H,25,26)/b24-14-. The third-order valence-electron chi connectivity index (χ3n) is 4.46. The lowest BCUT2D eigenvalue weighted by atomic mass is 9.98. The van der Waals surface area contributed by atoms with Crippen LogP contribution in [0.5, 0.6) is 5.75 Å². The summed E-state index contributed by atoms with van der Waals surface area (Å²) in [5.41, 5.74) is 10.0. The monoisotopic (exact) mass is 393 g/mol. The predicted molar refractivity (Wildman–Crippen MR) is 120 cm³/mol. The van der Waals surface area contributed by atoms with Crippen LogP contribution >= 0.6 is 11.3 Å². The van der Waals surface area contributed by atoms with Gasteiger partial charge < -0.3 is 4.74 Å². The lowest BCUT2D eigenvalue weighted by Gasteiger charge is -2.08. The zero-order valence-electron chi connectivity index (χ0n) is 17.0. The van der Waals surface area contributed by atoms with Crippen molar-refractivity contribution >= 4 is 22.7 Å². The van der Waals surface area contributed by atoms with Gasteiger partial charge in [0, 0.05) is 10.9 Å². The van der Waals surface area contributed by atoms with E-state index in [1.807, 2.05) is 24.3 Å². The Labute approximate surface area is 171 Å². The molecule has 0 aliphatic heterocycles. The first kappa shape index (κ1) is 20.1. The van der Waals surface area contributed by atoms with Crippen LogP contribution < -0.4 is 10.2 Å². The summed E-state index contributed by atoms with van der Waals surface area (Å²) in [7, 11) is 0. The topological polar surface area (TPSA) is 46.5 Å². The first-order chi connectivity index (χ1) is 13.6. The van der Waals surface area contributed by atoms with E-state index in [2.05, 4.69) is 55.7 Å². The van der Waals surface area contributed by atoms with E-state index in [4.69, 9.17) is 9.72 Å². The van der Waals surface area contributed by atoms with E-state index >= 15 is 0 Å². The molecule has 0 bridgehead atoms. The molecule has 1 heterocycles. The number of benzene rings is 2. The van der Waals surface area contributed by atoms with Gasteiger partial charge in [-0.25, -0.2) is 4.98 Å². The number of aromatic nitrogens is 1. The molecular weight excluding hydrogens is 366 g/mol. The zero-order chi connectivity index (χ0) is 19.9. The van der Waals surface area contributed by atoms with Crippen LogP contribution in [0.3, 0.4) is 0 Å². The summed E-state index contributed by atoms with van der Waals surface area (Å²) in [5.74, 6) is 0.895. The van der Waals surface area contributed by atoms with Gasteiger partial charge in [0.1, 0.15) is 5.75 Å². The number of rotatable bonds is 8. The highest BCUT2D eigenvalue weighted by Crippen LogP contribution is 2.31. The SMILES string of the molecule is CCCCOc1ccc(/C=N\Nc2nc(-c3c(C)cc(C)cc3C)cs2)cc1. The molecule has 0 aliphatic carbocycles. The molecule has 0 fully saturated rings. The van der Waals surface area contributed by atoms with Gasteiger partial charge in [0.2, 0.25) is 5.13 Å². The van der Waals surface area contributed by atoms with Crippen LogP contribution in [0.4, 0.5) is 5.13 Å². The molecule has 1 N–H and O–H groups in total. The quantitative estimate of drug-likeness (QED) is 0.275. The molecule has 3 rings (SSSR count). The molecular formula is C23H27N3OS. The van der Waals surface area contributed by atoms with Crippen LogP contribution in [0.1, 0.15) is 42.0 Å². The van der Waals surface area contributed by atoms with E-state index < -0.39 is 0 Å². The first-order valence-electron chi connectivity index (χ1n) is 9.62. The van der Waals surface area contributed by atoms with Crippen molar-refractivity contribution in [2.24, 2.45) is 5.10 Å². The molecule has 0 aliphatic rings. The van der Waals surface area contributed by atoms with E-state index in [1.54, 1.807) is 17.6 Å². The Hall–Kier alpha value is -2.66. The zero-order valence-corrected chi connectivity index (χ0v) is 17.8. The molecule has 0 radical (unpaired) electrons. The molecule has 4 nitrogen and oxygen atoms in total. The van der Waals surface area contributed by atoms with Crippen LogP contribution in [0.25, 0.3) is 11.3 Å². The Bertz CT molecular complexity index is 922. The van der Waals surface area contributed by atoms with Gasteiger partial charge in [0.15, 0.2) is 0 Å². The molecule has 0 atom stereocenters. The van der Waals surface area contributed by atoms with E-state index in [-0.39, 0.29) is 0 Å². The van der Waals surface area contributed by atoms with Gasteiger partial charge in [-0.3, -0.25) is 5.43 Å². The maximum atomic E-state index is 5.68. The number of aryl methyl sites for hydroxylation is 3. The normalized spacial score (nSPS) is 11.1. The fourth-order valence-electron chi connectivity index (χ4n) is 3.17. The highest BCUT2D eigenvalue weighted by atomic mass is 32.1. The average molecular weight is 394 g/mol. The van der Waals surface area contributed by atoms with Crippen molar-refractivity contribution < 1.29 is 4.74 Å². The van der Waals surface area contributed by atoms with E-state index in [9.17, 15) is 0 Å². The van der Waals surface area contributed by atoms with Gasteiger partial charge in [-0.15, -0.1) is 11.3 Å². The number of nitrogens with one attached hydrogen (secondary N) is 1. The molecule has 0 unspecified atom stereocenters. The molecule has 2 aromatic carbocycles. The van der Waals surface area contributed by atoms with Gasteiger partial charge in [-0.2, -0.15) is 5.10 Å². The van der Waals surface area contributed by atoms with Crippen molar-refractivity contribution in [2.75, 3.05) is 12.0 Å². The maximum Gasteiger partial charge on any atom is 0.203 e. The van der Waals surface area contributed by atoms with Crippen molar-refractivity contribution in [3.05, 3.63) is 64.0 Å². The molecule has 0 amide bonds. The third kappa shape index (κ3) is 5.20. The summed E-state index contributed by atoms with van der Waals surface area (Å²) >= 11 is 1.56. The molecule has 0 saturated carbocycles. The fourth-order valence-corrected chi connectivity index (χ4v) is 3.82. The van der Waals surface area contributed by atoms with Gasteiger partial charge >= 0.3 is 0 Å². The molecule has 146 valence electrons. The summed E-state index contributed by atoms with van der Waals surface area (Å²) < 4.78 is 5.68. The minimum Gasteiger partial charge on any atom is -0.494 e. The number of ether oxygens (including phenoxy) is 1. The van der Waals surface area contributed by atoms with E-state index in [0.717, 1.165) is 41.6 Å². The summed E-state index contributed by atoms with van der Waals surface area (Å²) in [4.78, 5) is 4.69. The van der Waals surface area contributed by atoms with Gasteiger partial charge in [0.05, 0.1) is 18.5 Å². The van der Waals surface area contributed by atoms with Gasteiger partial charge in [0.25, 0.3) is 0 Å². The number of hydrogen-bond donors (Lipinski definition) is 1. The molecule has 28 heavy (non-hydrogen) atoms. The number of nitrogens with zero attached hydrogens (tertiary/aromatic N) is 2. The fraction of sp³-hybridized carbons (Fsp3) is 0.304. The van der Waals surface area contributed by atoms with E-state index in [0.29, 0.717) is 0 Å². The second-order valence-corrected chi connectivity index (χ2v) is 7.81. The largest absolute Gasteiger partial charge is 0.494 e. The van der Waals surface area contributed by atoms with Crippen molar-refractivity contribution in [1.29, 1.82) is 0 Å². The second kappa shape index (κ2) is 9.51. The summed E-state index contributed by atoms with van der Waals surface area (Å²) in [5, 5.41) is 7.17. The average Bonchev–Trinajstić information content (AvgIpc) is 3.11. The number of thiazole rings is 1. The molecule has 3 aromatic rings. The van der Waals surface area contributed by atoms with Crippen LogP contribution in [0.2, 0.25) is 0 Å². The Morgan fingerprint density at radius 2 is 1.82 bits per heavy atom. The first-order valence-corrected chi connectivity index (χ1v) is 10.5. The summed E-state index contributed by atoms with van der Waals surface area (Å²) in [6.07, 6.45) is 4.00. The van der Waals surface area contributed by atoms with Crippen molar-refractivity contribution in [3.63, 3.8) is 0 Å². The van der Waals surface area contributed by atoms with E-state index in [1.165, 1.54) is 22.3 Å². The molecule has 0 spiro atoms. The predicted octanol–water partition coefficient (Wildman–Crippen LogP) is 6.36. The third-order valence-corrected chi connectivity index (χ3v) is 5.20. The Morgan fingerprint density at radius 3 is 2.50 bits per heavy atom. The highest BCUT2D eigenvalue weighted by molar-refractivity contribution is 7.14. The number of anilines is 1. The molecule has 0 saturated heterocycles. The highest BCUT2D eigenvalue weighted by Gasteiger charge is 2.10. The number of hydrogen-bond acceptors (Lipinski definition) is 5. The van der Waals surface area contributed by atoms with Crippen molar-refractivity contribution in [3.8, 4) is 17.0 Å². The molecule has 5 heteroatoms. The Kier molecular flexibility index (Phi) is 6.82. The van der Waals surface area contributed by atoms with Crippen LogP contribution in [0, 0.1) is 20.8 Å². The lowest BCUT2D eigenvalue weighted by molar-refractivity contribution is 0.309. The van der Waals surface area contributed by atoms with Gasteiger partial charge in [-0.05, 0) is 68.1 Å². The van der Waals surface area contributed by atoms with Crippen molar-refractivity contribution in [2.45, 2.75) is 40.5 Å². The van der Waals surface area contributed by atoms with Crippen LogP contribution in [0.15, 0.2) is 46.9 Å². The lowest BCUT2D eigenvalue weighted by Crippen LogP contribution is -1.96. The number of unbranched alkanes of at least 4 members (excludes halogenated alkanes) is 1.